The second-order valence-corrected chi connectivity index (χ2v) is 8.44. The zero-order chi connectivity index (χ0) is 19.4. The Labute approximate surface area is 157 Å². The Morgan fingerprint density at radius 2 is 2.00 bits per heavy atom. The van der Waals surface area contributed by atoms with Crippen molar-refractivity contribution < 1.29 is 21.6 Å². The van der Waals surface area contributed by atoms with Gasteiger partial charge in [-0.3, -0.25) is 5.10 Å². The minimum Gasteiger partial charge on any atom is -0.261 e. The first kappa shape index (κ1) is 18.2. The second-order valence-electron chi connectivity index (χ2n) is 6.13. The molecule has 0 atom stereocenters. The number of alkyl halides is 3. The summed E-state index contributed by atoms with van der Waals surface area (Å²) in [5, 5.41) is 7.23. The fourth-order valence-corrected chi connectivity index (χ4v) is 5.07. The van der Waals surface area contributed by atoms with Gasteiger partial charge in [0.15, 0.2) is 5.65 Å². The highest BCUT2D eigenvalue weighted by molar-refractivity contribution is 7.89. The standard InChI is InChI=1S/C16H12ClF3N4O2S/c17-13-2-1-10(16(18,19)20)5-14(13)27(25,26)24-4-3-11-9(8-24)6-21-15-12(11)7-22-23-15/h1-2,5-7H,3-4,8H2,(H,21,22,23). The molecule has 11 heteroatoms. The average Bonchev–Trinajstić information content (AvgIpc) is 3.09. The Morgan fingerprint density at radius 1 is 1.22 bits per heavy atom. The molecule has 0 aliphatic carbocycles. The highest BCUT2D eigenvalue weighted by Crippen LogP contribution is 2.36. The van der Waals surface area contributed by atoms with Gasteiger partial charge in [0, 0.05) is 24.7 Å². The van der Waals surface area contributed by atoms with Gasteiger partial charge in [-0.25, -0.2) is 13.4 Å². The van der Waals surface area contributed by atoms with Crippen LogP contribution in [0.1, 0.15) is 16.7 Å². The maximum Gasteiger partial charge on any atom is 0.416 e. The topological polar surface area (TPSA) is 79.0 Å². The van der Waals surface area contributed by atoms with Gasteiger partial charge in [0.25, 0.3) is 0 Å². The number of nitrogens with zero attached hydrogens (tertiary/aromatic N) is 3. The van der Waals surface area contributed by atoms with Gasteiger partial charge >= 0.3 is 6.18 Å². The molecule has 27 heavy (non-hydrogen) atoms. The molecular formula is C16H12ClF3N4O2S. The highest BCUT2D eigenvalue weighted by atomic mass is 35.5. The normalized spacial score (nSPS) is 15.9. The van der Waals surface area contributed by atoms with E-state index >= 15 is 0 Å². The molecule has 142 valence electrons. The lowest BCUT2D eigenvalue weighted by atomic mass is 10.0. The van der Waals surface area contributed by atoms with Gasteiger partial charge in [-0.2, -0.15) is 22.6 Å². The Hall–Kier alpha value is -2.17. The van der Waals surface area contributed by atoms with Crippen molar-refractivity contribution >= 4 is 32.7 Å². The number of aromatic amines is 1. The molecule has 1 aliphatic rings. The summed E-state index contributed by atoms with van der Waals surface area (Å²) < 4.78 is 65.9. The molecule has 1 aromatic carbocycles. The predicted molar refractivity (Wildman–Crippen MR) is 91.6 cm³/mol. The first-order valence-electron chi connectivity index (χ1n) is 7.84. The molecule has 0 bridgehead atoms. The number of halogens is 4. The molecule has 1 N–H and O–H groups in total. The van der Waals surface area contributed by atoms with E-state index in [1.165, 1.54) is 0 Å². The van der Waals surface area contributed by atoms with Crippen LogP contribution in [-0.4, -0.2) is 34.4 Å². The number of benzene rings is 1. The summed E-state index contributed by atoms with van der Waals surface area (Å²) in [6.07, 6.45) is -1.11. The number of pyridine rings is 1. The molecule has 3 heterocycles. The molecule has 0 fully saturated rings. The summed E-state index contributed by atoms with van der Waals surface area (Å²) in [6.45, 7) is 0.116. The van der Waals surface area contributed by atoms with E-state index in [0.717, 1.165) is 27.4 Å². The van der Waals surface area contributed by atoms with Crippen molar-refractivity contribution in [1.29, 1.82) is 0 Å². The monoisotopic (exact) mass is 416 g/mol. The number of rotatable bonds is 2. The van der Waals surface area contributed by atoms with Crippen molar-refractivity contribution in [2.75, 3.05) is 6.54 Å². The molecule has 6 nitrogen and oxygen atoms in total. The predicted octanol–water partition coefficient (Wildman–Crippen LogP) is 3.38. The third-order valence-electron chi connectivity index (χ3n) is 4.52. The minimum absolute atomic E-state index is 0.00163. The third kappa shape index (κ3) is 3.07. The summed E-state index contributed by atoms with van der Waals surface area (Å²) >= 11 is 5.92. The Morgan fingerprint density at radius 3 is 2.74 bits per heavy atom. The highest BCUT2D eigenvalue weighted by Gasteiger charge is 2.35. The van der Waals surface area contributed by atoms with Crippen LogP contribution in [0.25, 0.3) is 11.0 Å². The van der Waals surface area contributed by atoms with Crippen LogP contribution in [0.2, 0.25) is 5.02 Å². The molecular weight excluding hydrogens is 405 g/mol. The zero-order valence-corrected chi connectivity index (χ0v) is 15.2. The third-order valence-corrected chi connectivity index (χ3v) is 6.84. The maximum absolute atomic E-state index is 13.0. The number of nitrogens with one attached hydrogen (secondary N) is 1. The summed E-state index contributed by atoms with van der Waals surface area (Å²) in [6, 6.07) is 2.28. The Balaban J connectivity index is 1.73. The van der Waals surface area contributed by atoms with Gasteiger partial charge < -0.3 is 0 Å². The van der Waals surface area contributed by atoms with Gasteiger partial charge in [0.05, 0.1) is 16.8 Å². The van der Waals surface area contributed by atoms with Gasteiger partial charge in [0.2, 0.25) is 10.0 Å². The molecule has 0 saturated carbocycles. The van der Waals surface area contributed by atoms with E-state index in [4.69, 9.17) is 11.6 Å². The van der Waals surface area contributed by atoms with Crippen molar-refractivity contribution in [3.63, 3.8) is 0 Å². The number of hydrogen-bond donors (Lipinski definition) is 1. The van der Waals surface area contributed by atoms with Gasteiger partial charge in [0.1, 0.15) is 4.90 Å². The van der Waals surface area contributed by atoms with Gasteiger partial charge in [-0.1, -0.05) is 11.6 Å². The van der Waals surface area contributed by atoms with E-state index in [0.29, 0.717) is 23.7 Å². The van der Waals surface area contributed by atoms with E-state index in [2.05, 4.69) is 15.2 Å². The average molecular weight is 417 g/mol. The lowest BCUT2D eigenvalue weighted by molar-refractivity contribution is -0.137. The van der Waals surface area contributed by atoms with Crippen molar-refractivity contribution in [3.8, 4) is 0 Å². The Bertz CT molecular complexity index is 1140. The van der Waals surface area contributed by atoms with Crippen LogP contribution in [0, 0.1) is 0 Å². The molecule has 0 amide bonds. The van der Waals surface area contributed by atoms with Crippen LogP contribution in [0.4, 0.5) is 13.2 Å². The van der Waals surface area contributed by atoms with E-state index in [-0.39, 0.29) is 18.1 Å². The molecule has 0 saturated heterocycles. The lowest BCUT2D eigenvalue weighted by Gasteiger charge is -2.28. The second kappa shape index (κ2) is 6.18. The minimum atomic E-state index is -4.67. The van der Waals surface area contributed by atoms with Crippen LogP contribution in [0.5, 0.6) is 0 Å². The fraction of sp³-hybridized carbons (Fsp3) is 0.250. The number of H-pyrrole nitrogens is 1. The number of fused-ring (bicyclic) bond motifs is 3. The Kier molecular flexibility index (Phi) is 4.17. The maximum atomic E-state index is 13.0. The molecule has 0 spiro atoms. The first-order chi connectivity index (χ1) is 12.7. The van der Waals surface area contributed by atoms with Crippen LogP contribution < -0.4 is 0 Å². The summed E-state index contributed by atoms with van der Waals surface area (Å²) in [5.74, 6) is 0. The quantitative estimate of drug-likeness (QED) is 0.694. The number of sulfonamides is 1. The van der Waals surface area contributed by atoms with Gasteiger partial charge in [-0.15, -0.1) is 0 Å². The van der Waals surface area contributed by atoms with Gasteiger partial charge in [-0.05, 0) is 35.7 Å². The fourth-order valence-electron chi connectivity index (χ4n) is 3.15. The molecule has 0 radical (unpaired) electrons. The van der Waals surface area contributed by atoms with Crippen molar-refractivity contribution in [1.82, 2.24) is 19.5 Å². The smallest absolute Gasteiger partial charge is 0.261 e. The van der Waals surface area contributed by atoms with Crippen LogP contribution in [0.3, 0.4) is 0 Å². The van der Waals surface area contributed by atoms with Crippen LogP contribution in [-0.2, 0) is 29.2 Å². The molecule has 4 rings (SSSR count). The van der Waals surface area contributed by atoms with E-state index in [9.17, 15) is 21.6 Å². The van der Waals surface area contributed by atoms with Crippen molar-refractivity contribution in [2.45, 2.75) is 24.0 Å². The van der Waals surface area contributed by atoms with Crippen LogP contribution in [0.15, 0.2) is 35.5 Å². The van der Waals surface area contributed by atoms with E-state index < -0.39 is 26.7 Å². The summed E-state index contributed by atoms with van der Waals surface area (Å²) in [5.41, 5.74) is 1.15. The molecule has 0 unspecified atom stereocenters. The molecule has 2 aromatic heterocycles. The van der Waals surface area contributed by atoms with E-state index in [1.807, 2.05) is 0 Å². The zero-order valence-electron chi connectivity index (χ0n) is 13.6. The lowest BCUT2D eigenvalue weighted by Crippen LogP contribution is -2.36. The molecule has 1 aliphatic heterocycles. The van der Waals surface area contributed by atoms with Crippen LogP contribution >= 0.6 is 11.6 Å². The van der Waals surface area contributed by atoms with Crippen molar-refractivity contribution in [2.24, 2.45) is 0 Å². The largest absolute Gasteiger partial charge is 0.416 e. The number of aromatic nitrogens is 3. The van der Waals surface area contributed by atoms with E-state index in [1.54, 1.807) is 12.4 Å². The summed E-state index contributed by atoms with van der Waals surface area (Å²) in [4.78, 5) is 3.64. The van der Waals surface area contributed by atoms with Crippen molar-refractivity contribution in [3.05, 3.63) is 52.3 Å². The molecule has 3 aromatic rings. The number of hydrogen-bond acceptors (Lipinski definition) is 4. The first-order valence-corrected chi connectivity index (χ1v) is 9.66. The SMILES string of the molecule is O=S(=O)(c1cc(C(F)(F)F)ccc1Cl)N1CCc2c(cnc3[nH]ncc23)C1. The summed E-state index contributed by atoms with van der Waals surface area (Å²) in [7, 11) is -4.21.